The summed E-state index contributed by atoms with van der Waals surface area (Å²) in [7, 11) is 0. The fraction of sp³-hybridized carbons (Fsp3) is 1.00. The van der Waals surface area contributed by atoms with E-state index >= 15 is 0 Å². The van der Waals surface area contributed by atoms with Crippen LogP contribution in [0.1, 0.15) is 33.1 Å². The van der Waals surface area contributed by atoms with Gasteiger partial charge in [-0.15, -0.1) is 0 Å². The van der Waals surface area contributed by atoms with E-state index in [4.69, 9.17) is 4.74 Å². The molecule has 0 aromatic rings. The molecule has 2 rings (SSSR count). The lowest BCUT2D eigenvalue weighted by Crippen LogP contribution is -2.39. The van der Waals surface area contributed by atoms with Crippen molar-refractivity contribution in [3.05, 3.63) is 0 Å². The van der Waals surface area contributed by atoms with Crippen LogP contribution in [-0.4, -0.2) is 25.3 Å². The first kappa shape index (κ1) is 9.47. The van der Waals surface area contributed by atoms with Crippen molar-refractivity contribution in [3.8, 4) is 0 Å². The number of rotatable bonds is 3. The van der Waals surface area contributed by atoms with Crippen LogP contribution in [-0.2, 0) is 4.74 Å². The summed E-state index contributed by atoms with van der Waals surface area (Å²) in [5, 5.41) is 3.66. The first-order valence-electron chi connectivity index (χ1n) is 5.60. The molecule has 2 nitrogen and oxygen atoms in total. The molecule has 0 radical (unpaired) electrons. The SMILES string of the molecule is CC1CC(NCC2CC2C)CCO1. The Kier molecular flexibility index (Phi) is 2.89. The highest BCUT2D eigenvalue weighted by molar-refractivity contribution is 4.86. The van der Waals surface area contributed by atoms with E-state index < -0.39 is 0 Å². The second-order valence-electron chi connectivity index (χ2n) is 4.78. The van der Waals surface area contributed by atoms with Gasteiger partial charge in [0.25, 0.3) is 0 Å². The van der Waals surface area contributed by atoms with Gasteiger partial charge >= 0.3 is 0 Å². The Balaban J connectivity index is 1.63. The largest absolute Gasteiger partial charge is 0.378 e. The van der Waals surface area contributed by atoms with Gasteiger partial charge in [-0.1, -0.05) is 6.92 Å². The van der Waals surface area contributed by atoms with E-state index in [1.165, 1.54) is 25.8 Å². The van der Waals surface area contributed by atoms with Crippen LogP contribution in [0.5, 0.6) is 0 Å². The Labute approximate surface area is 81.0 Å². The highest BCUT2D eigenvalue weighted by Gasteiger charge is 2.32. The van der Waals surface area contributed by atoms with E-state index in [0.29, 0.717) is 6.10 Å². The first-order valence-corrected chi connectivity index (χ1v) is 5.60. The van der Waals surface area contributed by atoms with Gasteiger partial charge in [-0.2, -0.15) is 0 Å². The zero-order valence-corrected chi connectivity index (χ0v) is 8.75. The molecule has 1 aliphatic carbocycles. The summed E-state index contributed by atoms with van der Waals surface area (Å²) >= 11 is 0. The first-order chi connectivity index (χ1) is 6.25. The molecule has 4 unspecified atom stereocenters. The number of hydrogen-bond donors (Lipinski definition) is 1. The van der Waals surface area contributed by atoms with Gasteiger partial charge in [-0.3, -0.25) is 0 Å². The van der Waals surface area contributed by atoms with E-state index in [9.17, 15) is 0 Å². The van der Waals surface area contributed by atoms with Crippen molar-refractivity contribution in [2.45, 2.75) is 45.3 Å². The molecule has 2 heteroatoms. The standard InChI is InChI=1S/C11H21NO/c1-8-5-10(8)7-12-11-3-4-13-9(2)6-11/h8-12H,3-7H2,1-2H3. The highest BCUT2D eigenvalue weighted by atomic mass is 16.5. The minimum absolute atomic E-state index is 0.461. The zero-order chi connectivity index (χ0) is 9.26. The van der Waals surface area contributed by atoms with Crippen LogP contribution >= 0.6 is 0 Å². The maximum Gasteiger partial charge on any atom is 0.0561 e. The predicted octanol–water partition coefficient (Wildman–Crippen LogP) is 1.80. The van der Waals surface area contributed by atoms with Gasteiger partial charge in [-0.25, -0.2) is 0 Å². The smallest absolute Gasteiger partial charge is 0.0561 e. The summed E-state index contributed by atoms with van der Waals surface area (Å²) in [5.41, 5.74) is 0. The van der Waals surface area contributed by atoms with Crippen molar-refractivity contribution in [1.82, 2.24) is 5.32 Å². The highest BCUT2D eigenvalue weighted by Crippen LogP contribution is 2.37. The molecular weight excluding hydrogens is 162 g/mol. The van der Waals surface area contributed by atoms with E-state index in [-0.39, 0.29) is 0 Å². The van der Waals surface area contributed by atoms with Crippen LogP contribution in [0.15, 0.2) is 0 Å². The normalized spacial score (nSPS) is 44.8. The second-order valence-corrected chi connectivity index (χ2v) is 4.78. The second kappa shape index (κ2) is 3.97. The van der Waals surface area contributed by atoms with Crippen molar-refractivity contribution in [2.75, 3.05) is 13.2 Å². The Hall–Kier alpha value is -0.0800. The Morgan fingerprint density at radius 1 is 1.31 bits per heavy atom. The molecule has 1 saturated heterocycles. The van der Waals surface area contributed by atoms with Crippen molar-refractivity contribution >= 4 is 0 Å². The van der Waals surface area contributed by atoms with Crippen LogP contribution in [0.3, 0.4) is 0 Å². The Morgan fingerprint density at radius 3 is 2.69 bits per heavy atom. The predicted molar refractivity (Wildman–Crippen MR) is 53.7 cm³/mol. The summed E-state index contributed by atoms with van der Waals surface area (Å²) in [5.74, 6) is 1.95. The van der Waals surface area contributed by atoms with Crippen molar-refractivity contribution in [3.63, 3.8) is 0 Å². The third-order valence-electron chi connectivity index (χ3n) is 3.43. The summed E-state index contributed by atoms with van der Waals surface area (Å²) in [4.78, 5) is 0. The molecule has 76 valence electrons. The third-order valence-corrected chi connectivity index (χ3v) is 3.43. The molecule has 0 aromatic heterocycles. The topological polar surface area (TPSA) is 21.3 Å². The molecule has 0 bridgehead atoms. The number of hydrogen-bond acceptors (Lipinski definition) is 2. The zero-order valence-electron chi connectivity index (χ0n) is 8.75. The molecule has 2 fully saturated rings. The number of ether oxygens (including phenoxy) is 1. The average Bonchev–Trinajstić information content (AvgIpc) is 2.79. The molecule has 0 amide bonds. The van der Waals surface area contributed by atoms with E-state index in [2.05, 4.69) is 19.2 Å². The maximum atomic E-state index is 5.51. The molecule has 4 atom stereocenters. The maximum absolute atomic E-state index is 5.51. The minimum atomic E-state index is 0.461. The van der Waals surface area contributed by atoms with Gasteiger partial charge in [0, 0.05) is 12.6 Å². The molecule has 0 spiro atoms. The summed E-state index contributed by atoms with van der Waals surface area (Å²) in [6.07, 6.45) is 4.29. The molecule has 1 heterocycles. The monoisotopic (exact) mass is 183 g/mol. The Morgan fingerprint density at radius 2 is 2.08 bits per heavy atom. The summed E-state index contributed by atoms with van der Waals surface area (Å²) in [6, 6.07) is 0.719. The molecule has 1 saturated carbocycles. The van der Waals surface area contributed by atoms with Gasteiger partial charge in [0.2, 0.25) is 0 Å². The molecule has 1 aliphatic heterocycles. The van der Waals surface area contributed by atoms with Crippen LogP contribution < -0.4 is 5.32 Å². The lowest BCUT2D eigenvalue weighted by molar-refractivity contribution is 0.0132. The summed E-state index contributed by atoms with van der Waals surface area (Å²) in [6.45, 7) is 6.70. The summed E-state index contributed by atoms with van der Waals surface area (Å²) < 4.78 is 5.51. The third kappa shape index (κ3) is 2.68. The van der Waals surface area contributed by atoms with Crippen molar-refractivity contribution in [2.24, 2.45) is 11.8 Å². The van der Waals surface area contributed by atoms with Crippen LogP contribution in [0.4, 0.5) is 0 Å². The van der Waals surface area contributed by atoms with Gasteiger partial charge in [0.15, 0.2) is 0 Å². The minimum Gasteiger partial charge on any atom is -0.378 e. The average molecular weight is 183 g/mol. The molecule has 0 aromatic carbocycles. The van der Waals surface area contributed by atoms with E-state index in [1.807, 2.05) is 0 Å². The lowest BCUT2D eigenvalue weighted by Gasteiger charge is -2.28. The van der Waals surface area contributed by atoms with Gasteiger partial charge < -0.3 is 10.1 Å². The van der Waals surface area contributed by atoms with Crippen molar-refractivity contribution < 1.29 is 4.74 Å². The van der Waals surface area contributed by atoms with Crippen molar-refractivity contribution in [1.29, 1.82) is 0 Å². The van der Waals surface area contributed by atoms with Crippen LogP contribution in [0.2, 0.25) is 0 Å². The fourth-order valence-electron chi connectivity index (χ4n) is 2.18. The van der Waals surface area contributed by atoms with Crippen LogP contribution in [0.25, 0.3) is 0 Å². The fourth-order valence-corrected chi connectivity index (χ4v) is 2.18. The molecule has 1 N–H and O–H groups in total. The van der Waals surface area contributed by atoms with E-state index in [0.717, 1.165) is 24.5 Å². The molecular formula is C11H21NO. The van der Waals surface area contributed by atoms with E-state index in [1.54, 1.807) is 0 Å². The van der Waals surface area contributed by atoms with Gasteiger partial charge in [0.05, 0.1) is 6.10 Å². The van der Waals surface area contributed by atoms with Gasteiger partial charge in [-0.05, 0) is 44.6 Å². The molecule has 2 aliphatic rings. The molecule has 13 heavy (non-hydrogen) atoms. The van der Waals surface area contributed by atoms with Crippen LogP contribution in [0, 0.1) is 11.8 Å². The lowest BCUT2D eigenvalue weighted by atomic mass is 10.0. The Bertz CT molecular complexity index is 171. The quantitative estimate of drug-likeness (QED) is 0.720. The van der Waals surface area contributed by atoms with Gasteiger partial charge in [0.1, 0.15) is 0 Å². The number of nitrogens with one attached hydrogen (secondary N) is 1.